The average Bonchev–Trinajstić information content (AvgIpc) is 2.75. The van der Waals surface area contributed by atoms with E-state index >= 15 is 0 Å². The summed E-state index contributed by atoms with van der Waals surface area (Å²) in [6.45, 7) is 2.83. The Morgan fingerprint density at radius 1 is 1.32 bits per heavy atom. The molecule has 1 aromatic heterocycles. The van der Waals surface area contributed by atoms with Crippen LogP contribution in [0.15, 0.2) is 36.7 Å². The zero-order valence-corrected chi connectivity index (χ0v) is 11.9. The van der Waals surface area contributed by atoms with E-state index in [1.807, 2.05) is 30.9 Å². The Morgan fingerprint density at radius 3 is 2.53 bits per heavy atom. The van der Waals surface area contributed by atoms with Crippen LogP contribution in [-0.4, -0.2) is 22.6 Å². The predicted octanol–water partition coefficient (Wildman–Crippen LogP) is 1.95. The lowest BCUT2D eigenvalue weighted by molar-refractivity contribution is 0.737. The van der Waals surface area contributed by atoms with Gasteiger partial charge in [0.25, 0.3) is 0 Å². The number of hydrogen-bond donors (Lipinski definition) is 1. The van der Waals surface area contributed by atoms with Gasteiger partial charge in [-0.05, 0) is 31.0 Å². The number of benzene rings is 1. The molecular formula is C15H22N4. The average molecular weight is 258 g/mol. The largest absolute Gasteiger partial charge is 0.367 e. The minimum Gasteiger partial charge on any atom is -0.367 e. The zero-order valence-electron chi connectivity index (χ0n) is 11.9. The van der Waals surface area contributed by atoms with Crippen molar-refractivity contribution in [1.82, 2.24) is 9.55 Å². The minimum atomic E-state index is 0.205. The molecule has 0 fully saturated rings. The number of aromatic nitrogens is 2. The molecule has 2 N–H and O–H groups in total. The molecule has 4 heteroatoms. The topological polar surface area (TPSA) is 47.1 Å². The van der Waals surface area contributed by atoms with Crippen LogP contribution in [-0.2, 0) is 20.0 Å². The van der Waals surface area contributed by atoms with Crippen LogP contribution in [0.1, 0.15) is 18.3 Å². The third-order valence-corrected chi connectivity index (χ3v) is 3.23. The van der Waals surface area contributed by atoms with Crippen LogP contribution in [0.2, 0.25) is 0 Å². The van der Waals surface area contributed by atoms with Gasteiger partial charge in [0, 0.05) is 38.2 Å². The van der Waals surface area contributed by atoms with Gasteiger partial charge < -0.3 is 15.2 Å². The number of imidazole rings is 1. The minimum absolute atomic E-state index is 0.205. The number of hydrogen-bond acceptors (Lipinski definition) is 3. The summed E-state index contributed by atoms with van der Waals surface area (Å²) >= 11 is 0. The molecule has 1 unspecified atom stereocenters. The molecule has 0 aliphatic heterocycles. The maximum Gasteiger partial charge on any atom is 0.127 e. The highest BCUT2D eigenvalue weighted by molar-refractivity contribution is 5.47. The Kier molecular flexibility index (Phi) is 4.22. The molecule has 0 amide bonds. The second kappa shape index (κ2) is 5.89. The molecule has 1 atom stereocenters. The van der Waals surface area contributed by atoms with Crippen LogP contribution >= 0.6 is 0 Å². The first-order valence-electron chi connectivity index (χ1n) is 6.58. The van der Waals surface area contributed by atoms with Gasteiger partial charge in [-0.2, -0.15) is 0 Å². The van der Waals surface area contributed by atoms with Crippen molar-refractivity contribution in [2.75, 3.05) is 11.9 Å². The summed E-state index contributed by atoms with van der Waals surface area (Å²) in [4.78, 5) is 6.54. The maximum absolute atomic E-state index is 5.81. The van der Waals surface area contributed by atoms with Gasteiger partial charge in [0.15, 0.2) is 0 Å². The van der Waals surface area contributed by atoms with E-state index in [4.69, 9.17) is 5.73 Å². The van der Waals surface area contributed by atoms with Crippen LogP contribution in [0.3, 0.4) is 0 Å². The monoisotopic (exact) mass is 258 g/mol. The molecule has 2 rings (SSSR count). The van der Waals surface area contributed by atoms with Crippen LogP contribution in [0.25, 0.3) is 0 Å². The smallest absolute Gasteiger partial charge is 0.127 e. The van der Waals surface area contributed by atoms with Crippen LogP contribution in [0.4, 0.5) is 5.69 Å². The first kappa shape index (κ1) is 13.6. The van der Waals surface area contributed by atoms with Gasteiger partial charge in [-0.15, -0.1) is 0 Å². The van der Waals surface area contributed by atoms with Crippen molar-refractivity contribution >= 4 is 5.69 Å². The van der Waals surface area contributed by atoms with E-state index in [0.29, 0.717) is 0 Å². The second-order valence-electron chi connectivity index (χ2n) is 5.16. The summed E-state index contributed by atoms with van der Waals surface area (Å²) in [5.41, 5.74) is 8.28. The molecule has 0 bridgehead atoms. The Morgan fingerprint density at radius 2 is 2.00 bits per heavy atom. The highest BCUT2D eigenvalue weighted by atomic mass is 15.2. The molecule has 0 radical (unpaired) electrons. The Labute approximate surface area is 114 Å². The van der Waals surface area contributed by atoms with Gasteiger partial charge in [-0.1, -0.05) is 12.1 Å². The van der Waals surface area contributed by atoms with E-state index in [2.05, 4.69) is 41.2 Å². The lowest BCUT2D eigenvalue weighted by atomic mass is 10.1. The lowest BCUT2D eigenvalue weighted by Gasteiger charge is -2.19. The molecule has 102 valence electrons. The quantitative estimate of drug-likeness (QED) is 0.891. The van der Waals surface area contributed by atoms with Gasteiger partial charge in [0.1, 0.15) is 5.82 Å². The molecule has 1 aromatic carbocycles. The van der Waals surface area contributed by atoms with Crippen molar-refractivity contribution in [2.45, 2.75) is 25.9 Å². The normalized spacial score (nSPS) is 12.4. The summed E-state index contributed by atoms with van der Waals surface area (Å²) in [6.07, 6.45) is 4.72. The lowest BCUT2D eigenvalue weighted by Crippen LogP contribution is -2.19. The van der Waals surface area contributed by atoms with Crippen molar-refractivity contribution in [3.63, 3.8) is 0 Å². The SMILES string of the molecule is CC(N)Cc1ccc(N(C)Cc2nccn2C)cc1. The van der Waals surface area contributed by atoms with E-state index in [1.165, 1.54) is 11.3 Å². The summed E-state index contributed by atoms with van der Waals surface area (Å²) in [5.74, 6) is 1.06. The van der Waals surface area contributed by atoms with E-state index < -0.39 is 0 Å². The van der Waals surface area contributed by atoms with Crippen molar-refractivity contribution < 1.29 is 0 Å². The number of rotatable bonds is 5. The first-order valence-corrected chi connectivity index (χ1v) is 6.58. The second-order valence-corrected chi connectivity index (χ2v) is 5.16. The van der Waals surface area contributed by atoms with Gasteiger partial charge in [-0.25, -0.2) is 4.98 Å². The summed E-state index contributed by atoms with van der Waals surface area (Å²) < 4.78 is 2.04. The highest BCUT2D eigenvalue weighted by Crippen LogP contribution is 2.16. The third-order valence-electron chi connectivity index (χ3n) is 3.23. The van der Waals surface area contributed by atoms with E-state index in [-0.39, 0.29) is 6.04 Å². The number of anilines is 1. The van der Waals surface area contributed by atoms with Gasteiger partial charge >= 0.3 is 0 Å². The fourth-order valence-corrected chi connectivity index (χ4v) is 2.11. The van der Waals surface area contributed by atoms with E-state index in [0.717, 1.165) is 18.8 Å². The molecule has 4 nitrogen and oxygen atoms in total. The fraction of sp³-hybridized carbons (Fsp3) is 0.400. The summed E-state index contributed by atoms with van der Waals surface area (Å²) in [6, 6.07) is 8.78. The Balaban J connectivity index is 2.03. The molecular weight excluding hydrogens is 236 g/mol. The molecule has 0 aliphatic rings. The van der Waals surface area contributed by atoms with Crippen molar-refractivity contribution in [3.8, 4) is 0 Å². The van der Waals surface area contributed by atoms with E-state index in [1.54, 1.807) is 0 Å². The van der Waals surface area contributed by atoms with Crippen LogP contribution in [0.5, 0.6) is 0 Å². The number of nitrogens with zero attached hydrogens (tertiary/aromatic N) is 3. The molecule has 0 saturated heterocycles. The summed E-state index contributed by atoms with van der Waals surface area (Å²) in [5, 5.41) is 0. The molecule has 0 saturated carbocycles. The predicted molar refractivity (Wildman–Crippen MR) is 79.1 cm³/mol. The van der Waals surface area contributed by atoms with Gasteiger partial charge in [0.05, 0.1) is 6.54 Å². The molecule has 0 aliphatic carbocycles. The number of nitrogens with two attached hydrogens (primary N) is 1. The summed E-state index contributed by atoms with van der Waals surface area (Å²) in [7, 11) is 4.09. The molecule has 0 spiro atoms. The van der Waals surface area contributed by atoms with Gasteiger partial charge in [0.2, 0.25) is 0 Å². The Hall–Kier alpha value is -1.81. The molecule has 19 heavy (non-hydrogen) atoms. The molecule has 1 heterocycles. The van der Waals surface area contributed by atoms with Crippen molar-refractivity contribution in [1.29, 1.82) is 0 Å². The Bertz CT molecular complexity index is 513. The van der Waals surface area contributed by atoms with E-state index in [9.17, 15) is 0 Å². The fourth-order valence-electron chi connectivity index (χ4n) is 2.11. The highest BCUT2D eigenvalue weighted by Gasteiger charge is 2.06. The van der Waals surface area contributed by atoms with Crippen LogP contribution in [0, 0.1) is 0 Å². The van der Waals surface area contributed by atoms with Gasteiger partial charge in [-0.3, -0.25) is 0 Å². The first-order chi connectivity index (χ1) is 9.06. The van der Waals surface area contributed by atoms with Crippen molar-refractivity contribution in [2.24, 2.45) is 12.8 Å². The van der Waals surface area contributed by atoms with Crippen LogP contribution < -0.4 is 10.6 Å². The maximum atomic E-state index is 5.81. The standard InChI is InChI=1S/C15H22N4/c1-12(16)10-13-4-6-14(7-5-13)19(3)11-15-17-8-9-18(15)2/h4-9,12H,10-11,16H2,1-3H3. The molecule has 2 aromatic rings. The van der Waals surface area contributed by atoms with Crippen molar-refractivity contribution in [3.05, 3.63) is 48.0 Å². The third kappa shape index (κ3) is 3.58. The zero-order chi connectivity index (χ0) is 13.8. The number of aryl methyl sites for hydroxylation is 1.